The summed E-state index contributed by atoms with van der Waals surface area (Å²) in [7, 11) is 0. The Morgan fingerprint density at radius 1 is 1.20 bits per heavy atom. The molecule has 1 saturated heterocycles. The van der Waals surface area contributed by atoms with Gasteiger partial charge in [0, 0.05) is 20.1 Å². The smallest absolute Gasteiger partial charge is 0.185 e. The van der Waals surface area contributed by atoms with Crippen LogP contribution in [0, 0.1) is 0 Å². The van der Waals surface area contributed by atoms with Crippen molar-refractivity contribution in [3.05, 3.63) is 32.2 Å². The van der Waals surface area contributed by atoms with Crippen LogP contribution in [0.2, 0.25) is 0 Å². The molecule has 0 amide bonds. The van der Waals surface area contributed by atoms with Crippen LogP contribution in [0.25, 0.3) is 0 Å². The largest absolute Gasteiger partial charge is 0.346 e. The number of carbonyl (C=O) groups excluding carboxylic acids is 1. The molecular formula is C10H8Br2O3. The van der Waals surface area contributed by atoms with Gasteiger partial charge in [-0.25, -0.2) is 0 Å². The van der Waals surface area contributed by atoms with E-state index in [-0.39, 0.29) is 6.29 Å². The summed E-state index contributed by atoms with van der Waals surface area (Å²) >= 11 is 6.72. The molecule has 0 bridgehead atoms. The Bertz CT molecular complexity index is 386. The second kappa shape index (κ2) is 4.74. The molecule has 0 aromatic heterocycles. The molecule has 15 heavy (non-hydrogen) atoms. The van der Waals surface area contributed by atoms with Crippen molar-refractivity contribution in [1.82, 2.24) is 0 Å². The molecule has 1 fully saturated rings. The SMILES string of the molecule is O=Cc1cc(C2OCCO2)c(Br)cc1Br. The molecule has 0 atom stereocenters. The van der Waals surface area contributed by atoms with Crippen LogP contribution in [-0.2, 0) is 9.47 Å². The Balaban J connectivity index is 2.41. The van der Waals surface area contributed by atoms with Gasteiger partial charge < -0.3 is 9.47 Å². The maximum atomic E-state index is 10.8. The molecule has 80 valence electrons. The lowest BCUT2D eigenvalue weighted by Crippen LogP contribution is -2.00. The van der Waals surface area contributed by atoms with Crippen molar-refractivity contribution in [3.63, 3.8) is 0 Å². The Kier molecular flexibility index (Phi) is 3.56. The number of rotatable bonds is 2. The fourth-order valence-corrected chi connectivity index (χ4v) is 2.67. The zero-order valence-electron chi connectivity index (χ0n) is 7.70. The first-order chi connectivity index (χ1) is 7.22. The first-order valence-electron chi connectivity index (χ1n) is 4.39. The van der Waals surface area contributed by atoms with E-state index in [2.05, 4.69) is 31.9 Å². The fourth-order valence-electron chi connectivity index (χ4n) is 1.39. The van der Waals surface area contributed by atoms with Crippen molar-refractivity contribution in [1.29, 1.82) is 0 Å². The van der Waals surface area contributed by atoms with Crippen molar-refractivity contribution in [3.8, 4) is 0 Å². The van der Waals surface area contributed by atoms with Gasteiger partial charge in [0.2, 0.25) is 0 Å². The van der Waals surface area contributed by atoms with Crippen molar-refractivity contribution < 1.29 is 14.3 Å². The van der Waals surface area contributed by atoms with Crippen molar-refractivity contribution in [2.24, 2.45) is 0 Å². The molecule has 1 heterocycles. The zero-order valence-corrected chi connectivity index (χ0v) is 10.9. The van der Waals surface area contributed by atoms with Gasteiger partial charge in [-0.3, -0.25) is 4.79 Å². The van der Waals surface area contributed by atoms with Crippen LogP contribution in [0.1, 0.15) is 22.2 Å². The van der Waals surface area contributed by atoms with Crippen LogP contribution in [-0.4, -0.2) is 19.5 Å². The zero-order chi connectivity index (χ0) is 10.8. The molecule has 1 aromatic rings. The van der Waals surface area contributed by atoms with E-state index in [0.29, 0.717) is 18.8 Å². The lowest BCUT2D eigenvalue weighted by atomic mass is 10.1. The van der Waals surface area contributed by atoms with Gasteiger partial charge in [-0.15, -0.1) is 0 Å². The number of aldehydes is 1. The van der Waals surface area contributed by atoms with Gasteiger partial charge in [-0.1, -0.05) is 31.9 Å². The molecule has 1 aliphatic rings. The van der Waals surface area contributed by atoms with Crippen molar-refractivity contribution in [2.75, 3.05) is 13.2 Å². The maximum absolute atomic E-state index is 10.8. The van der Waals surface area contributed by atoms with E-state index < -0.39 is 0 Å². The highest BCUT2D eigenvalue weighted by Gasteiger charge is 2.21. The number of hydrogen-bond donors (Lipinski definition) is 0. The molecule has 2 rings (SSSR count). The monoisotopic (exact) mass is 334 g/mol. The Morgan fingerprint density at radius 3 is 2.47 bits per heavy atom. The molecule has 0 N–H and O–H groups in total. The summed E-state index contributed by atoms with van der Waals surface area (Å²) in [4.78, 5) is 10.8. The fraction of sp³-hybridized carbons (Fsp3) is 0.300. The van der Waals surface area contributed by atoms with Crippen LogP contribution < -0.4 is 0 Å². The van der Waals surface area contributed by atoms with E-state index >= 15 is 0 Å². The normalized spacial score (nSPS) is 16.9. The van der Waals surface area contributed by atoms with Crippen LogP contribution in [0.5, 0.6) is 0 Å². The highest BCUT2D eigenvalue weighted by Crippen LogP contribution is 2.33. The van der Waals surface area contributed by atoms with E-state index in [1.165, 1.54) is 0 Å². The number of ether oxygens (including phenoxy) is 2. The van der Waals surface area contributed by atoms with Crippen molar-refractivity contribution in [2.45, 2.75) is 6.29 Å². The Morgan fingerprint density at radius 2 is 1.87 bits per heavy atom. The van der Waals surface area contributed by atoms with E-state index in [1.54, 1.807) is 6.07 Å². The summed E-state index contributed by atoms with van der Waals surface area (Å²) in [6.45, 7) is 1.17. The van der Waals surface area contributed by atoms with Crippen LogP contribution in [0.15, 0.2) is 21.1 Å². The molecule has 1 aromatic carbocycles. The van der Waals surface area contributed by atoms with Crippen LogP contribution >= 0.6 is 31.9 Å². The highest BCUT2D eigenvalue weighted by atomic mass is 79.9. The minimum atomic E-state index is -0.369. The lowest BCUT2D eigenvalue weighted by Gasteiger charge is -2.12. The van der Waals surface area contributed by atoms with Gasteiger partial charge in [-0.2, -0.15) is 0 Å². The van der Waals surface area contributed by atoms with E-state index in [1.807, 2.05) is 6.07 Å². The van der Waals surface area contributed by atoms with Gasteiger partial charge in [-0.05, 0) is 12.1 Å². The molecule has 0 aliphatic carbocycles. The summed E-state index contributed by atoms with van der Waals surface area (Å²) in [5.74, 6) is 0. The molecule has 3 nitrogen and oxygen atoms in total. The molecule has 0 saturated carbocycles. The van der Waals surface area contributed by atoms with E-state index in [9.17, 15) is 4.79 Å². The quantitative estimate of drug-likeness (QED) is 0.779. The first kappa shape index (κ1) is 11.3. The van der Waals surface area contributed by atoms with Gasteiger partial charge in [0.05, 0.1) is 13.2 Å². The van der Waals surface area contributed by atoms with Crippen LogP contribution in [0.4, 0.5) is 0 Å². The summed E-state index contributed by atoms with van der Waals surface area (Å²) in [5, 5.41) is 0. The van der Waals surface area contributed by atoms with Gasteiger partial charge in [0.15, 0.2) is 12.6 Å². The third-order valence-electron chi connectivity index (χ3n) is 2.12. The molecule has 1 aliphatic heterocycles. The van der Waals surface area contributed by atoms with E-state index in [0.717, 1.165) is 20.8 Å². The predicted molar refractivity (Wildman–Crippen MR) is 61.9 cm³/mol. The standard InChI is InChI=1S/C10H8Br2O3/c11-8-4-9(12)7(3-6(8)5-13)10-14-1-2-15-10/h3-5,10H,1-2H2. The maximum Gasteiger partial charge on any atom is 0.185 e. The topological polar surface area (TPSA) is 35.5 Å². The highest BCUT2D eigenvalue weighted by molar-refractivity contribution is 9.11. The molecular weight excluding hydrogens is 328 g/mol. The van der Waals surface area contributed by atoms with Gasteiger partial charge >= 0.3 is 0 Å². The molecule has 0 spiro atoms. The van der Waals surface area contributed by atoms with Crippen molar-refractivity contribution >= 4 is 38.1 Å². The minimum absolute atomic E-state index is 0.369. The summed E-state index contributed by atoms with van der Waals surface area (Å²) in [6, 6.07) is 3.58. The number of carbonyl (C=O) groups is 1. The Labute approximate surface area is 104 Å². The van der Waals surface area contributed by atoms with Crippen LogP contribution in [0.3, 0.4) is 0 Å². The first-order valence-corrected chi connectivity index (χ1v) is 5.98. The summed E-state index contributed by atoms with van der Waals surface area (Å²) < 4.78 is 12.4. The lowest BCUT2D eigenvalue weighted by molar-refractivity contribution is -0.0446. The number of hydrogen-bond acceptors (Lipinski definition) is 3. The minimum Gasteiger partial charge on any atom is -0.346 e. The third-order valence-corrected chi connectivity index (χ3v) is 3.49. The number of benzene rings is 1. The average molecular weight is 336 g/mol. The second-order valence-electron chi connectivity index (χ2n) is 3.09. The summed E-state index contributed by atoms with van der Waals surface area (Å²) in [5.41, 5.74) is 1.44. The molecule has 0 unspecified atom stereocenters. The average Bonchev–Trinajstić information content (AvgIpc) is 2.71. The Hall–Kier alpha value is -0.230. The van der Waals surface area contributed by atoms with Gasteiger partial charge in [0.25, 0.3) is 0 Å². The van der Waals surface area contributed by atoms with Gasteiger partial charge in [0.1, 0.15) is 0 Å². The predicted octanol–water partition coefficient (Wildman–Crippen LogP) is 3.07. The second-order valence-corrected chi connectivity index (χ2v) is 4.80. The number of halogens is 2. The summed E-state index contributed by atoms with van der Waals surface area (Å²) in [6.07, 6.45) is 0.431. The van der Waals surface area contributed by atoms with E-state index in [4.69, 9.17) is 9.47 Å². The molecule has 0 radical (unpaired) electrons. The molecule has 5 heteroatoms. The third kappa shape index (κ3) is 2.30.